The molecule has 1 N–H and O–H groups in total. The summed E-state index contributed by atoms with van der Waals surface area (Å²) >= 11 is 0. The highest BCUT2D eigenvalue weighted by molar-refractivity contribution is 5.76. The predicted molar refractivity (Wildman–Crippen MR) is 48.3 cm³/mol. The monoisotopic (exact) mass is 184 g/mol. The molecule has 0 unspecified atom stereocenters. The number of hydrogen-bond acceptors (Lipinski definition) is 2. The molecule has 0 bridgehead atoms. The van der Waals surface area contributed by atoms with Gasteiger partial charge in [-0.1, -0.05) is 13.8 Å². The zero-order valence-corrected chi connectivity index (χ0v) is 8.33. The van der Waals surface area contributed by atoms with E-state index in [-0.39, 0.29) is 29.5 Å². The Morgan fingerprint density at radius 3 is 2.08 bits per heavy atom. The van der Waals surface area contributed by atoms with Crippen LogP contribution in [-0.2, 0) is 9.59 Å². The molecule has 0 aliphatic heterocycles. The van der Waals surface area contributed by atoms with E-state index in [2.05, 4.69) is 0 Å². The highest BCUT2D eigenvalue weighted by Crippen LogP contribution is 2.61. The molecule has 0 aromatic heterocycles. The molecule has 2 atom stereocenters. The first-order valence-corrected chi connectivity index (χ1v) is 4.57. The van der Waals surface area contributed by atoms with Crippen molar-refractivity contribution in [3.05, 3.63) is 0 Å². The molecule has 3 nitrogen and oxygen atoms in total. The van der Waals surface area contributed by atoms with Gasteiger partial charge in [0, 0.05) is 12.8 Å². The number of carboxylic acids is 1. The Balaban J connectivity index is 2.50. The Bertz CT molecular complexity index is 219. The maximum absolute atomic E-state index is 10.9. The fourth-order valence-corrected chi connectivity index (χ4v) is 2.17. The number of carbonyl (C=O) groups is 2. The summed E-state index contributed by atoms with van der Waals surface area (Å²) in [5.41, 5.74) is 0.0457. The van der Waals surface area contributed by atoms with Crippen molar-refractivity contribution >= 4 is 11.8 Å². The zero-order valence-electron chi connectivity index (χ0n) is 8.33. The van der Waals surface area contributed by atoms with Gasteiger partial charge in [0.1, 0.15) is 5.78 Å². The molecule has 0 heterocycles. The van der Waals surface area contributed by atoms with Crippen molar-refractivity contribution in [1.82, 2.24) is 0 Å². The Kier molecular flexibility index (Phi) is 2.46. The molecule has 1 aliphatic rings. The molecule has 0 saturated heterocycles. The number of rotatable bonds is 4. The molecular weight excluding hydrogens is 168 g/mol. The number of carbonyl (C=O) groups excluding carboxylic acids is 1. The Hall–Kier alpha value is -0.860. The van der Waals surface area contributed by atoms with Crippen molar-refractivity contribution in [1.29, 1.82) is 0 Å². The van der Waals surface area contributed by atoms with Crippen LogP contribution >= 0.6 is 0 Å². The summed E-state index contributed by atoms with van der Waals surface area (Å²) in [5, 5.41) is 8.62. The van der Waals surface area contributed by atoms with Gasteiger partial charge in [-0.25, -0.2) is 0 Å². The maximum atomic E-state index is 10.9. The minimum absolute atomic E-state index is 0.0457. The standard InChI is InChI=1S/C10H16O3/c1-6(11)4-7-8(5-9(12)13)10(7,2)3/h7-8H,4-5H2,1-3H3,(H,12,13)/t7-,8+/m0/s1. The lowest BCUT2D eigenvalue weighted by Gasteiger charge is -1.99. The van der Waals surface area contributed by atoms with Crippen molar-refractivity contribution in [2.45, 2.75) is 33.6 Å². The lowest BCUT2D eigenvalue weighted by atomic mass is 10.1. The second kappa shape index (κ2) is 3.13. The number of Topliss-reactive ketones (excluding diaryl/α,β-unsaturated/α-hetero) is 1. The van der Waals surface area contributed by atoms with Crippen molar-refractivity contribution in [2.24, 2.45) is 17.3 Å². The predicted octanol–water partition coefficient (Wildman–Crippen LogP) is 1.71. The van der Waals surface area contributed by atoms with Crippen LogP contribution in [0.3, 0.4) is 0 Å². The molecule has 74 valence electrons. The first kappa shape index (κ1) is 10.2. The second-order valence-electron chi connectivity index (χ2n) is 4.54. The number of ketones is 1. The SMILES string of the molecule is CC(=O)C[C@H]1[C@@H](CC(=O)O)C1(C)C. The molecule has 13 heavy (non-hydrogen) atoms. The summed E-state index contributed by atoms with van der Waals surface area (Å²) in [7, 11) is 0. The van der Waals surface area contributed by atoms with Crippen molar-refractivity contribution < 1.29 is 14.7 Å². The van der Waals surface area contributed by atoms with E-state index in [9.17, 15) is 9.59 Å². The first-order valence-electron chi connectivity index (χ1n) is 4.57. The molecule has 1 fully saturated rings. The van der Waals surface area contributed by atoms with Gasteiger partial charge in [0.05, 0.1) is 0 Å². The normalized spacial score (nSPS) is 29.8. The lowest BCUT2D eigenvalue weighted by Crippen LogP contribution is -1.99. The molecule has 1 saturated carbocycles. The average molecular weight is 184 g/mol. The topological polar surface area (TPSA) is 54.4 Å². The van der Waals surface area contributed by atoms with E-state index in [0.29, 0.717) is 6.42 Å². The van der Waals surface area contributed by atoms with Crippen LogP contribution < -0.4 is 0 Å². The summed E-state index contributed by atoms with van der Waals surface area (Å²) in [5.74, 6) is -0.134. The molecule has 0 spiro atoms. The van der Waals surface area contributed by atoms with E-state index in [1.54, 1.807) is 6.92 Å². The van der Waals surface area contributed by atoms with E-state index in [4.69, 9.17) is 5.11 Å². The fraction of sp³-hybridized carbons (Fsp3) is 0.800. The van der Waals surface area contributed by atoms with E-state index < -0.39 is 5.97 Å². The van der Waals surface area contributed by atoms with Gasteiger partial charge in [0.2, 0.25) is 0 Å². The summed E-state index contributed by atoms with van der Waals surface area (Å²) < 4.78 is 0. The van der Waals surface area contributed by atoms with Gasteiger partial charge in [0.25, 0.3) is 0 Å². The third-order valence-electron chi connectivity index (χ3n) is 3.19. The van der Waals surface area contributed by atoms with Crippen LogP contribution in [0.4, 0.5) is 0 Å². The number of aliphatic carboxylic acids is 1. The van der Waals surface area contributed by atoms with E-state index >= 15 is 0 Å². The molecule has 0 aromatic carbocycles. The highest BCUT2D eigenvalue weighted by atomic mass is 16.4. The van der Waals surface area contributed by atoms with Crippen LogP contribution in [0.25, 0.3) is 0 Å². The first-order chi connectivity index (χ1) is 5.85. The smallest absolute Gasteiger partial charge is 0.303 e. The van der Waals surface area contributed by atoms with Crippen molar-refractivity contribution in [2.75, 3.05) is 0 Å². The van der Waals surface area contributed by atoms with Gasteiger partial charge in [-0.15, -0.1) is 0 Å². The van der Waals surface area contributed by atoms with Crippen LogP contribution in [0.2, 0.25) is 0 Å². The third kappa shape index (κ3) is 2.08. The molecule has 1 rings (SSSR count). The minimum atomic E-state index is -0.760. The largest absolute Gasteiger partial charge is 0.481 e. The van der Waals surface area contributed by atoms with Crippen LogP contribution in [-0.4, -0.2) is 16.9 Å². The Morgan fingerprint density at radius 2 is 1.69 bits per heavy atom. The second-order valence-corrected chi connectivity index (χ2v) is 4.54. The van der Waals surface area contributed by atoms with E-state index in [1.165, 1.54) is 0 Å². The zero-order chi connectivity index (χ0) is 10.2. The molecule has 3 heteroatoms. The lowest BCUT2D eigenvalue weighted by molar-refractivity contribution is -0.137. The van der Waals surface area contributed by atoms with Crippen LogP contribution in [0.5, 0.6) is 0 Å². The quantitative estimate of drug-likeness (QED) is 0.723. The number of hydrogen-bond donors (Lipinski definition) is 1. The van der Waals surface area contributed by atoms with Crippen molar-refractivity contribution in [3.8, 4) is 0 Å². The molecular formula is C10H16O3. The van der Waals surface area contributed by atoms with Gasteiger partial charge in [0.15, 0.2) is 0 Å². The van der Waals surface area contributed by atoms with Gasteiger partial charge >= 0.3 is 5.97 Å². The van der Waals surface area contributed by atoms with Gasteiger partial charge in [-0.2, -0.15) is 0 Å². The molecule has 0 radical (unpaired) electrons. The Labute approximate surface area is 78.1 Å². The minimum Gasteiger partial charge on any atom is -0.481 e. The Morgan fingerprint density at radius 1 is 1.23 bits per heavy atom. The van der Waals surface area contributed by atoms with Crippen LogP contribution in [0.15, 0.2) is 0 Å². The third-order valence-corrected chi connectivity index (χ3v) is 3.19. The molecule has 1 aliphatic carbocycles. The summed E-state index contributed by atoms with van der Waals surface area (Å²) in [6.45, 7) is 5.63. The summed E-state index contributed by atoms with van der Waals surface area (Å²) in [6, 6.07) is 0. The highest BCUT2D eigenvalue weighted by Gasteiger charge is 2.57. The van der Waals surface area contributed by atoms with Gasteiger partial charge in [-0.3, -0.25) is 4.79 Å². The van der Waals surface area contributed by atoms with Crippen LogP contribution in [0.1, 0.15) is 33.6 Å². The maximum Gasteiger partial charge on any atom is 0.303 e. The molecule has 0 aromatic rings. The van der Waals surface area contributed by atoms with Gasteiger partial charge < -0.3 is 9.90 Å². The molecule has 0 amide bonds. The van der Waals surface area contributed by atoms with E-state index in [1.807, 2.05) is 13.8 Å². The van der Waals surface area contributed by atoms with Gasteiger partial charge in [-0.05, 0) is 24.2 Å². The van der Waals surface area contributed by atoms with Crippen LogP contribution in [0, 0.1) is 17.3 Å². The fourth-order valence-electron chi connectivity index (χ4n) is 2.17. The number of carboxylic acid groups (broad SMARTS) is 1. The van der Waals surface area contributed by atoms with E-state index in [0.717, 1.165) is 0 Å². The summed E-state index contributed by atoms with van der Waals surface area (Å²) in [6.07, 6.45) is 0.732. The van der Waals surface area contributed by atoms with Crippen molar-refractivity contribution in [3.63, 3.8) is 0 Å². The summed E-state index contributed by atoms with van der Waals surface area (Å²) in [4.78, 5) is 21.3. The average Bonchev–Trinajstić information content (AvgIpc) is 2.36.